The van der Waals surface area contributed by atoms with Crippen molar-refractivity contribution in [3.63, 3.8) is 0 Å². The van der Waals surface area contributed by atoms with E-state index in [-0.39, 0.29) is 0 Å². The summed E-state index contributed by atoms with van der Waals surface area (Å²) in [5.41, 5.74) is 11.7. The first kappa shape index (κ1) is 27.4. The first-order chi connectivity index (χ1) is 24.3. The average molecular weight is 628 g/mol. The zero-order valence-electron chi connectivity index (χ0n) is 26.5. The van der Waals surface area contributed by atoms with Crippen LogP contribution in [0.15, 0.2) is 176 Å². The molecule has 4 aromatic heterocycles. The number of hydrogen-bond donors (Lipinski definition) is 0. The Morgan fingerprint density at radius 2 is 1.14 bits per heavy atom. The summed E-state index contributed by atoms with van der Waals surface area (Å²) in [7, 11) is 0. The number of aromatic nitrogens is 5. The van der Waals surface area contributed by atoms with Crippen molar-refractivity contribution < 1.29 is 0 Å². The van der Waals surface area contributed by atoms with Crippen LogP contribution in [0, 0.1) is 0 Å². The van der Waals surface area contributed by atoms with Gasteiger partial charge in [0.2, 0.25) is 0 Å². The molecule has 0 unspecified atom stereocenters. The van der Waals surface area contributed by atoms with Crippen LogP contribution < -0.4 is 0 Å². The predicted octanol–water partition coefficient (Wildman–Crippen LogP) is 10.8. The first-order valence-corrected chi connectivity index (χ1v) is 16.5. The van der Waals surface area contributed by atoms with Crippen LogP contribution in [0.1, 0.15) is 0 Å². The lowest BCUT2D eigenvalue weighted by Gasteiger charge is -2.12. The number of hydrogen-bond acceptors (Lipinski definition) is 2. The van der Waals surface area contributed by atoms with E-state index in [1.165, 1.54) is 32.7 Å². The Morgan fingerprint density at radius 3 is 1.96 bits per heavy atom. The van der Waals surface area contributed by atoms with Crippen LogP contribution in [-0.2, 0) is 0 Å². The number of fused-ring (bicyclic) bond motifs is 6. The number of nitrogens with zero attached hydrogens (tertiary/aromatic N) is 5. The van der Waals surface area contributed by atoms with Gasteiger partial charge < -0.3 is 9.13 Å². The Kier molecular flexibility index (Phi) is 6.11. The third-order valence-corrected chi connectivity index (χ3v) is 9.54. The fraction of sp³-hybridized carbons (Fsp3) is 0. The van der Waals surface area contributed by atoms with Crippen molar-refractivity contribution >= 4 is 43.9 Å². The molecule has 5 nitrogen and oxygen atoms in total. The molecular weight excluding hydrogens is 599 g/mol. The van der Waals surface area contributed by atoms with Crippen LogP contribution in [0.5, 0.6) is 0 Å². The highest BCUT2D eigenvalue weighted by Crippen LogP contribution is 2.39. The minimum absolute atomic E-state index is 0.828. The number of rotatable bonds is 5. The van der Waals surface area contributed by atoms with Gasteiger partial charge in [0.05, 0.1) is 16.6 Å². The maximum absolute atomic E-state index is 5.29. The summed E-state index contributed by atoms with van der Waals surface area (Å²) in [5, 5.41) is 3.68. The van der Waals surface area contributed by atoms with E-state index in [1.54, 1.807) is 0 Å². The first-order valence-electron chi connectivity index (χ1n) is 16.5. The molecule has 0 aliphatic carbocycles. The maximum atomic E-state index is 5.29. The Bertz CT molecular complexity index is 2810. The molecule has 0 atom stereocenters. The highest BCUT2D eigenvalue weighted by Gasteiger charge is 2.20. The fourth-order valence-electron chi connectivity index (χ4n) is 7.38. The van der Waals surface area contributed by atoms with Gasteiger partial charge in [0.1, 0.15) is 11.3 Å². The molecule has 0 fully saturated rings. The van der Waals surface area contributed by atoms with Crippen molar-refractivity contribution in [3.8, 4) is 39.6 Å². The molecule has 0 aliphatic rings. The van der Waals surface area contributed by atoms with Crippen LogP contribution in [0.2, 0.25) is 0 Å². The molecule has 0 aliphatic heterocycles. The molecule has 0 saturated heterocycles. The van der Waals surface area contributed by atoms with Crippen molar-refractivity contribution in [2.45, 2.75) is 0 Å². The standard InChI is InChI=1S/C44H29N5/c1-4-13-30(14-5-1)43-46-41-35(25-27-45-44(41)49(43)33-18-8-3-9-19-33)31-15-12-20-34(29-31)48-40-22-11-10-21-36(40)37-23-24-39-38(42(37)48)26-28-47(39)32-16-6-2-7-17-32/h1-29H. The minimum Gasteiger partial charge on any atom is -0.316 e. The molecule has 230 valence electrons. The van der Waals surface area contributed by atoms with Gasteiger partial charge in [-0.3, -0.25) is 4.57 Å². The topological polar surface area (TPSA) is 40.6 Å². The highest BCUT2D eigenvalue weighted by molar-refractivity contribution is 6.18. The summed E-state index contributed by atoms with van der Waals surface area (Å²) in [5.74, 6) is 0.866. The number of para-hydroxylation sites is 3. The van der Waals surface area contributed by atoms with E-state index < -0.39 is 0 Å². The molecule has 0 amide bonds. The summed E-state index contributed by atoms with van der Waals surface area (Å²) in [6.07, 6.45) is 4.08. The summed E-state index contributed by atoms with van der Waals surface area (Å²) in [6, 6.07) is 57.6. The van der Waals surface area contributed by atoms with Crippen LogP contribution in [0.25, 0.3) is 83.4 Å². The van der Waals surface area contributed by atoms with Crippen LogP contribution in [0.3, 0.4) is 0 Å². The van der Waals surface area contributed by atoms with Gasteiger partial charge in [0.25, 0.3) is 0 Å². The second kappa shape index (κ2) is 10.9. The van der Waals surface area contributed by atoms with Gasteiger partial charge in [-0.05, 0) is 66.2 Å². The van der Waals surface area contributed by atoms with Crippen molar-refractivity contribution in [2.24, 2.45) is 0 Å². The smallest absolute Gasteiger partial charge is 0.165 e. The lowest BCUT2D eigenvalue weighted by atomic mass is 10.0. The van der Waals surface area contributed by atoms with E-state index in [1.807, 2.05) is 18.3 Å². The molecule has 10 aromatic rings. The minimum atomic E-state index is 0.828. The lowest BCUT2D eigenvalue weighted by molar-refractivity contribution is 1.08. The molecule has 10 rings (SSSR count). The summed E-state index contributed by atoms with van der Waals surface area (Å²) in [4.78, 5) is 10.2. The van der Waals surface area contributed by atoms with Crippen LogP contribution in [0.4, 0.5) is 0 Å². The van der Waals surface area contributed by atoms with E-state index >= 15 is 0 Å². The quantitative estimate of drug-likeness (QED) is 0.190. The van der Waals surface area contributed by atoms with Gasteiger partial charge in [-0.25, -0.2) is 9.97 Å². The Morgan fingerprint density at radius 1 is 0.449 bits per heavy atom. The largest absolute Gasteiger partial charge is 0.316 e. The average Bonchev–Trinajstić information content (AvgIpc) is 3.88. The molecular formula is C44H29N5. The van der Waals surface area contributed by atoms with Crippen molar-refractivity contribution in [1.29, 1.82) is 0 Å². The van der Waals surface area contributed by atoms with Crippen LogP contribution >= 0.6 is 0 Å². The molecule has 4 heterocycles. The Labute approximate surface area is 282 Å². The van der Waals surface area contributed by atoms with E-state index in [0.717, 1.165) is 50.7 Å². The van der Waals surface area contributed by atoms with Crippen LogP contribution in [-0.4, -0.2) is 23.7 Å². The zero-order chi connectivity index (χ0) is 32.3. The molecule has 49 heavy (non-hydrogen) atoms. The van der Waals surface area contributed by atoms with Gasteiger partial charge in [-0.2, -0.15) is 0 Å². The van der Waals surface area contributed by atoms with Gasteiger partial charge in [-0.1, -0.05) is 103 Å². The Hall–Kier alpha value is -6.72. The van der Waals surface area contributed by atoms with Crippen molar-refractivity contribution in [3.05, 3.63) is 176 Å². The van der Waals surface area contributed by atoms with E-state index in [2.05, 4.69) is 172 Å². The SMILES string of the molecule is c1ccc(-c2nc3c(-c4cccc(-n5c6ccccc6c6ccc7c(ccn7-c7ccccc7)c65)c4)ccnc3n2-c2ccccc2)cc1. The monoisotopic (exact) mass is 627 g/mol. The van der Waals surface area contributed by atoms with Gasteiger partial charge in [0.15, 0.2) is 5.65 Å². The summed E-state index contributed by atoms with van der Waals surface area (Å²) >= 11 is 0. The molecule has 6 aromatic carbocycles. The third-order valence-electron chi connectivity index (χ3n) is 9.54. The Balaban J connectivity index is 1.21. The van der Waals surface area contributed by atoms with E-state index in [9.17, 15) is 0 Å². The lowest BCUT2D eigenvalue weighted by Crippen LogP contribution is -1.98. The predicted molar refractivity (Wildman–Crippen MR) is 201 cm³/mol. The second-order valence-corrected chi connectivity index (χ2v) is 12.3. The summed E-state index contributed by atoms with van der Waals surface area (Å²) < 4.78 is 6.86. The van der Waals surface area contributed by atoms with Gasteiger partial charge in [-0.15, -0.1) is 0 Å². The number of imidazole rings is 1. The molecule has 0 saturated carbocycles. The molecule has 0 spiro atoms. The number of pyridine rings is 1. The normalized spacial score (nSPS) is 11.7. The molecule has 0 bridgehead atoms. The highest BCUT2D eigenvalue weighted by atomic mass is 15.1. The summed E-state index contributed by atoms with van der Waals surface area (Å²) in [6.45, 7) is 0. The van der Waals surface area contributed by atoms with Crippen molar-refractivity contribution in [1.82, 2.24) is 23.7 Å². The van der Waals surface area contributed by atoms with Crippen molar-refractivity contribution in [2.75, 3.05) is 0 Å². The fourth-order valence-corrected chi connectivity index (χ4v) is 7.38. The second-order valence-electron chi connectivity index (χ2n) is 12.3. The zero-order valence-corrected chi connectivity index (χ0v) is 26.5. The molecule has 0 N–H and O–H groups in total. The molecule has 5 heteroatoms. The van der Waals surface area contributed by atoms with E-state index in [0.29, 0.717) is 0 Å². The third kappa shape index (κ3) is 4.26. The number of benzene rings is 6. The maximum Gasteiger partial charge on any atom is 0.165 e. The van der Waals surface area contributed by atoms with E-state index in [4.69, 9.17) is 9.97 Å². The molecule has 0 radical (unpaired) electrons. The van der Waals surface area contributed by atoms with Gasteiger partial charge >= 0.3 is 0 Å². The van der Waals surface area contributed by atoms with Gasteiger partial charge in [0, 0.05) is 56.7 Å².